The highest BCUT2D eigenvalue weighted by Crippen LogP contribution is 2.56. The monoisotopic (exact) mass is 457 g/mol. The van der Waals surface area contributed by atoms with Gasteiger partial charge >= 0.3 is 5.97 Å². The van der Waals surface area contributed by atoms with Crippen molar-refractivity contribution in [2.24, 2.45) is 11.8 Å². The summed E-state index contributed by atoms with van der Waals surface area (Å²) in [7, 11) is 0. The molecule has 24 heavy (non-hydrogen) atoms. The van der Waals surface area contributed by atoms with E-state index in [1.807, 2.05) is 13.0 Å². The number of ether oxygens (including phenoxy) is 2. The third kappa shape index (κ3) is 2.44. The molecule has 1 aromatic carbocycles. The molecular weight excluding hydrogens is 438 g/mol. The molecule has 5 atom stereocenters. The second-order valence-corrected chi connectivity index (χ2v) is 8.71. The first kappa shape index (κ1) is 16.9. The number of carbonyl (C=O) groups is 1. The summed E-state index contributed by atoms with van der Waals surface area (Å²) >= 11 is 7.22. The quantitative estimate of drug-likeness (QED) is 0.619. The highest BCUT2D eigenvalue weighted by atomic mass is 79.9. The van der Waals surface area contributed by atoms with Crippen molar-refractivity contribution < 1.29 is 14.3 Å². The van der Waals surface area contributed by atoms with Crippen LogP contribution < -0.4 is 4.74 Å². The molecule has 3 aliphatic rings. The summed E-state index contributed by atoms with van der Waals surface area (Å²) in [5, 5.41) is 0. The summed E-state index contributed by atoms with van der Waals surface area (Å²) in [6, 6.07) is 5.13. The van der Waals surface area contributed by atoms with Crippen LogP contribution in [0.2, 0.25) is 0 Å². The van der Waals surface area contributed by atoms with E-state index in [0.717, 1.165) is 27.5 Å². The summed E-state index contributed by atoms with van der Waals surface area (Å²) in [6.07, 6.45) is 2.19. The summed E-state index contributed by atoms with van der Waals surface area (Å²) in [5.74, 6) is 0.924. The summed E-state index contributed by atoms with van der Waals surface area (Å²) in [5.41, 5.74) is 1.18. The molecule has 6 heteroatoms. The van der Waals surface area contributed by atoms with Gasteiger partial charge in [-0.1, -0.05) is 15.9 Å². The van der Waals surface area contributed by atoms with Crippen molar-refractivity contribution in [2.75, 3.05) is 13.2 Å². The number of halogens is 2. The molecule has 4 nitrogen and oxygen atoms in total. The van der Waals surface area contributed by atoms with Gasteiger partial charge in [0.15, 0.2) is 0 Å². The van der Waals surface area contributed by atoms with E-state index < -0.39 is 0 Å². The van der Waals surface area contributed by atoms with E-state index in [-0.39, 0.29) is 29.9 Å². The van der Waals surface area contributed by atoms with Crippen LogP contribution in [0.1, 0.15) is 38.3 Å². The molecule has 0 unspecified atom stereocenters. The molecule has 3 aliphatic heterocycles. The van der Waals surface area contributed by atoms with Crippen LogP contribution in [0.15, 0.2) is 21.1 Å². The zero-order valence-electron chi connectivity index (χ0n) is 13.8. The predicted molar refractivity (Wildman–Crippen MR) is 98.0 cm³/mol. The van der Waals surface area contributed by atoms with Crippen molar-refractivity contribution in [3.63, 3.8) is 0 Å². The number of nitrogens with zero attached hydrogens (tertiary/aromatic N) is 1. The summed E-state index contributed by atoms with van der Waals surface area (Å²) in [6.45, 7) is 5.15. The van der Waals surface area contributed by atoms with E-state index in [2.05, 4.69) is 49.7 Å². The number of fused-ring (bicyclic) bond motifs is 5. The van der Waals surface area contributed by atoms with Crippen LogP contribution in [-0.2, 0) is 9.53 Å². The first-order valence-corrected chi connectivity index (χ1v) is 10.2. The van der Waals surface area contributed by atoms with Gasteiger partial charge in [0.2, 0.25) is 0 Å². The minimum Gasteiger partial charge on any atom is -0.492 e. The molecule has 4 rings (SSSR count). The molecule has 0 amide bonds. The van der Waals surface area contributed by atoms with Gasteiger partial charge in [0.05, 0.1) is 23.6 Å². The van der Waals surface area contributed by atoms with E-state index in [9.17, 15) is 4.79 Å². The topological polar surface area (TPSA) is 38.8 Å². The number of rotatable bonds is 2. The Morgan fingerprint density at radius 1 is 1.38 bits per heavy atom. The number of benzene rings is 1. The van der Waals surface area contributed by atoms with Crippen molar-refractivity contribution in [2.45, 2.75) is 44.8 Å². The van der Waals surface area contributed by atoms with E-state index in [1.54, 1.807) is 0 Å². The Labute approximate surface area is 159 Å². The van der Waals surface area contributed by atoms with Crippen molar-refractivity contribution in [3.05, 3.63) is 26.6 Å². The Balaban J connectivity index is 1.80. The average Bonchev–Trinajstić information content (AvgIpc) is 3.05. The lowest BCUT2D eigenvalue weighted by molar-refractivity contribution is -0.150. The first-order chi connectivity index (χ1) is 11.5. The third-order valence-corrected chi connectivity index (χ3v) is 6.76. The van der Waals surface area contributed by atoms with E-state index in [1.165, 1.54) is 5.56 Å². The van der Waals surface area contributed by atoms with Gasteiger partial charge in [0, 0.05) is 34.1 Å². The highest BCUT2D eigenvalue weighted by molar-refractivity contribution is 9.11. The van der Waals surface area contributed by atoms with Crippen molar-refractivity contribution in [1.82, 2.24) is 4.90 Å². The largest absolute Gasteiger partial charge is 0.492 e. The second kappa shape index (κ2) is 6.29. The van der Waals surface area contributed by atoms with Crippen LogP contribution >= 0.6 is 31.9 Å². The van der Waals surface area contributed by atoms with Crippen molar-refractivity contribution in [1.29, 1.82) is 0 Å². The lowest BCUT2D eigenvalue weighted by atomic mass is 9.82. The van der Waals surface area contributed by atoms with Gasteiger partial charge in [0.1, 0.15) is 5.75 Å². The fourth-order valence-corrected chi connectivity index (χ4v) is 6.25. The zero-order valence-corrected chi connectivity index (χ0v) is 17.0. The molecule has 2 saturated heterocycles. The van der Waals surface area contributed by atoms with Gasteiger partial charge < -0.3 is 9.47 Å². The van der Waals surface area contributed by atoms with Gasteiger partial charge in [-0.25, -0.2) is 0 Å². The molecule has 1 aromatic rings. The maximum atomic E-state index is 12.7. The van der Waals surface area contributed by atoms with E-state index >= 15 is 0 Å². The van der Waals surface area contributed by atoms with Gasteiger partial charge in [-0.15, -0.1) is 0 Å². The van der Waals surface area contributed by atoms with Gasteiger partial charge in [-0.3, -0.25) is 9.69 Å². The molecule has 2 fully saturated rings. The van der Waals surface area contributed by atoms with Crippen LogP contribution in [0, 0.1) is 11.8 Å². The van der Waals surface area contributed by atoms with Crippen LogP contribution in [0.4, 0.5) is 0 Å². The molecule has 0 radical (unpaired) electrons. The van der Waals surface area contributed by atoms with Gasteiger partial charge in [0.25, 0.3) is 0 Å². The molecule has 0 N–H and O–H groups in total. The standard InChI is InChI=1S/C18H21Br2NO3/c1-3-23-18(22)15-12-8-24-17-11(6-10(19)7-13(17)20)16(12)21-9(2)4-5-14(15)21/h6-7,9,12,14-16H,3-5,8H2,1-2H3/t9-,12+,14+,15+,16+/m1/s1. The molecule has 0 aromatic heterocycles. The van der Waals surface area contributed by atoms with Crippen LogP contribution in [-0.4, -0.2) is 36.2 Å². The van der Waals surface area contributed by atoms with Gasteiger partial charge in [-0.2, -0.15) is 0 Å². The number of hydrogen-bond acceptors (Lipinski definition) is 4. The predicted octanol–water partition coefficient (Wildman–Crippen LogP) is 4.31. The Hall–Kier alpha value is -0.590. The fourth-order valence-electron chi connectivity index (χ4n) is 4.87. The lowest BCUT2D eigenvalue weighted by Gasteiger charge is -2.36. The van der Waals surface area contributed by atoms with Crippen molar-refractivity contribution in [3.8, 4) is 5.75 Å². The number of carbonyl (C=O) groups excluding carboxylic acids is 1. The molecule has 3 heterocycles. The van der Waals surface area contributed by atoms with Crippen LogP contribution in [0.3, 0.4) is 0 Å². The minimum atomic E-state index is -0.0918. The first-order valence-electron chi connectivity index (χ1n) is 8.58. The molecule has 0 bridgehead atoms. The Morgan fingerprint density at radius 3 is 2.92 bits per heavy atom. The van der Waals surface area contributed by atoms with Crippen LogP contribution in [0.5, 0.6) is 5.75 Å². The maximum Gasteiger partial charge on any atom is 0.311 e. The smallest absolute Gasteiger partial charge is 0.311 e. The molecule has 0 spiro atoms. The van der Waals surface area contributed by atoms with E-state index in [4.69, 9.17) is 9.47 Å². The summed E-state index contributed by atoms with van der Waals surface area (Å²) < 4.78 is 13.5. The van der Waals surface area contributed by atoms with E-state index in [0.29, 0.717) is 19.3 Å². The highest BCUT2D eigenvalue weighted by Gasteiger charge is 2.58. The molecular formula is C18H21Br2NO3. The molecule has 0 saturated carbocycles. The number of esters is 1. The summed E-state index contributed by atoms with van der Waals surface area (Å²) in [4.78, 5) is 15.2. The molecule has 0 aliphatic carbocycles. The Kier molecular flexibility index (Phi) is 4.42. The molecule has 130 valence electrons. The lowest BCUT2D eigenvalue weighted by Crippen LogP contribution is -2.35. The fraction of sp³-hybridized carbons (Fsp3) is 0.611. The third-order valence-electron chi connectivity index (χ3n) is 5.71. The SMILES string of the molecule is CCOC(=O)[C@H]1[C@@H]2COc3c(Br)cc(Br)cc3[C@@H]2N2[C@H](C)CC[C@@H]12. The Bertz CT molecular complexity index is 680. The maximum absolute atomic E-state index is 12.7. The minimum absolute atomic E-state index is 0.0600. The Morgan fingerprint density at radius 2 is 2.17 bits per heavy atom. The number of hydrogen-bond donors (Lipinski definition) is 0. The van der Waals surface area contributed by atoms with Crippen molar-refractivity contribution >= 4 is 37.8 Å². The van der Waals surface area contributed by atoms with Gasteiger partial charge in [-0.05, 0) is 54.8 Å². The normalized spacial score (nSPS) is 34.2. The zero-order chi connectivity index (χ0) is 17.0. The average molecular weight is 459 g/mol. The second-order valence-electron chi connectivity index (χ2n) is 6.94. The van der Waals surface area contributed by atoms with Crippen LogP contribution in [0.25, 0.3) is 0 Å².